The largest absolute Gasteiger partial charge is 0.492 e. The molecule has 2 rings (SSSR count). The number of ether oxygens (including phenoxy) is 1. The van der Waals surface area contributed by atoms with Crippen molar-refractivity contribution in [1.82, 2.24) is 5.32 Å². The zero-order valence-electron chi connectivity index (χ0n) is 10.6. The van der Waals surface area contributed by atoms with E-state index in [1.807, 2.05) is 6.07 Å². The van der Waals surface area contributed by atoms with Gasteiger partial charge in [0.1, 0.15) is 12.4 Å². The van der Waals surface area contributed by atoms with Crippen LogP contribution >= 0.6 is 0 Å². The Balaban J connectivity index is 1.79. The molecule has 20 heavy (non-hydrogen) atoms. The van der Waals surface area contributed by atoms with Gasteiger partial charge in [0.15, 0.2) is 0 Å². The maximum Gasteiger partial charge on any atom is 0.419 e. The van der Waals surface area contributed by atoms with E-state index in [-0.39, 0.29) is 12.4 Å². The maximum absolute atomic E-state index is 12.7. The Morgan fingerprint density at radius 1 is 1.15 bits per heavy atom. The van der Waals surface area contributed by atoms with Crippen molar-refractivity contribution in [3.05, 3.63) is 54.0 Å². The average Bonchev–Trinajstić information content (AvgIpc) is 2.91. The van der Waals surface area contributed by atoms with Crippen LogP contribution in [0.5, 0.6) is 5.75 Å². The Labute approximate surface area is 114 Å². The number of halogens is 3. The highest BCUT2D eigenvalue weighted by molar-refractivity contribution is 5.35. The zero-order valence-corrected chi connectivity index (χ0v) is 10.6. The molecular formula is C14H14F3NO2. The molecular weight excluding hydrogens is 271 g/mol. The molecule has 2 aromatic rings. The second-order valence-corrected chi connectivity index (χ2v) is 4.15. The Morgan fingerprint density at radius 2 is 1.95 bits per heavy atom. The number of para-hydroxylation sites is 1. The lowest BCUT2D eigenvalue weighted by Crippen LogP contribution is -2.21. The highest BCUT2D eigenvalue weighted by atomic mass is 19.4. The van der Waals surface area contributed by atoms with Crippen LogP contribution in [-0.2, 0) is 12.7 Å². The summed E-state index contributed by atoms with van der Waals surface area (Å²) in [6, 6.07) is 7.00. The van der Waals surface area contributed by atoms with E-state index in [0.29, 0.717) is 13.1 Å². The van der Waals surface area contributed by atoms with Crippen LogP contribution in [0, 0.1) is 0 Å². The summed E-state index contributed by atoms with van der Waals surface area (Å²) in [5.74, 6) is -0.148. The first-order valence-electron chi connectivity index (χ1n) is 6.08. The number of benzene rings is 1. The Hall–Kier alpha value is -1.95. The van der Waals surface area contributed by atoms with E-state index in [2.05, 4.69) is 5.32 Å². The number of rotatable bonds is 6. The van der Waals surface area contributed by atoms with Gasteiger partial charge in [0.05, 0.1) is 18.1 Å². The molecule has 6 heteroatoms. The summed E-state index contributed by atoms with van der Waals surface area (Å²) in [4.78, 5) is 0. The highest BCUT2D eigenvalue weighted by Gasteiger charge is 2.33. The van der Waals surface area contributed by atoms with Crippen LogP contribution in [0.2, 0.25) is 0 Å². The van der Waals surface area contributed by atoms with Gasteiger partial charge in [-0.25, -0.2) is 0 Å². The minimum atomic E-state index is -4.40. The van der Waals surface area contributed by atoms with Crippen LogP contribution in [0.15, 0.2) is 47.3 Å². The lowest BCUT2D eigenvalue weighted by molar-refractivity contribution is -0.138. The van der Waals surface area contributed by atoms with Crippen LogP contribution in [0.4, 0.5) is 13.2 Å². The van der Waals surface area contributed by atoms with Crippen molar-refractivity contribution >= 4 is 0 Å². The molecule has 0 aliphatic heterocycles. The van der Waals surface area contributed by atoms with Gasteiger partial charge >= 0.3 is 6.18 Å². The van der Waals surface area contributed by atoms with E-state index in [1.54, 1.807) is 12.5 Å². The second kappa shape index (κ2) is 6.47. The minimum absolute atomic E-state index is 0.148. The number of nitrogens with one attached hydrogen (secondary N) is 1. The summed E-state index contributed by atoms with van der Waals surface area (Å²) in [6.07, 6.45) is -1.24. The molecule has 1 N–H and O–H groups in total. The van der Waals surface area contributed by atoms with Crippen molar-refractivity contribution in [2.75, 3.05) is 13.2 Å². The first kappa shape index (κ1) is 14.5. The predicted octanol–water partition coefficient (Wildman–Crippen LogP) is 3.47. The molecule has 1 aromatic carbocycles. The SMILES string of the molecule is FC(F)(F)c1ccccc1OCCNCc1ccoc1. The van der Waals surface area contributed by atoms with Gasteiger partial charge in [-0.05, 0) is 18.2 Å². The summed E-state index contributed by atoms with van der Waals surface area (Å²) >= 11 is 0. The summed E-state index contributed by atoms with van der Waals surface area (Å²) in [7, 11) is 0. The van der Waals surface area contributed by atoms with E-state index >= 15 is 0 Å². The Bertz CT molecular complexity index is 523. The first-order chi connectivity index (χ1) is 9.57. The van der Waals surface area contributed by atoms with Crippen molar-refractivity contribution in [2.45, 2.75) is 12.7 Å². The number of hydrogen-bond acceptors (Lipinski definition) is 3. The third-order valence-electron chi connectivity index (χ3n) is 2.64. The molecule has 0 amide bonds. The molecule has 3 nitrogen and oxygen atoms in total. The summed E-state index contributed by atoms with van der Waals surface area (Å²) in [6.45, 7) is 1.18. The molecule has 108 valence electrons. The first-order valence-corrected chi connectivity index (χ1v) is 6.08. The molecule has 0 saturated carbocycles. The summed E-state index contributed by atoms with van der Waals surface area (Å²) < 4.78 is 48.2. The monoisotopic (exact) mass is 285 g/mol. The number of hydrogen-bond donors (Lipinski definition) is 1. The molecule has 0 bridgehead atoms. The van der Waals surface area contributed by atoms with Gasteiger partial charge in [-0.1, -0.05) is 12.1 Å². The lowest BCUT2D eigenvalue weighted by Gasteiger charge is -2.13. The topological polar surface area (TPSA) is 34.4 Å². The lowest BCUT2D eigenvalue weighted by atomic mass is 10.2. The molecule has 0 spiro atoms. The minimum Gasteiger partial charge on any atom is -0.492 e. The van der Waals surface area contributed by atoms with Crippen molar-refractivity contribution in [2.24, 2.45) is 0 Å². The summed E-state index contributed by atoms with van der Waals surface area (Å²) in [5, 5.41) is 3.05. The molecule has 0 aliphatic rings. The second-order valence-electron chi connectivity index (χ2n) is 4.15. The van der Waals surface area contributed by atoms with Crippen molar-refractivity contribution in [3.63, 3.8) is 0 Å². The number of furan rings is 1. The third kappa shape index (κ3) is 4.03. The van der Waals surface area contributed by atoms with Gasteiger partial charge < -0.3 is 14.5 Å². The molecule has 0 radical (unpaired) electrons. The fraction of sp³-hybridized carbons (Fsp3) is 0.286. The summed E-state index contributed by atoms with van der Waals surface area (Å²) in [5.41, 5.74) is 0.218. The van der Waals surface area contributed by atoms with Gasteiger partial charge in [0.2, 0.25) is 0 Å². The number of alkyl halides is 3. The van der Waals surface area contributed by atoms with E-state index in [0.717, 1.165) is 11.6 Å². The van der Waals surface area contributed by atoms with Gasteiger partial charge in [0.25, 0.3) is 0 Å². The van der Waals surface area contributed by atoms with Crippen LogP contribution in [0.1, 0.15) is 11.1 Å². The third-order valence-corrected chi connectivity index (χ3v) is 2.64. The van der Waals surface area contributed by atoms with E-state index in [4.69, 9.17) is 9.15 Å². The van der Waals surface area contributed by atoms with Crippen molar-refractivity contribution in [1.29, 1.82) is 0 Å². The Kier molecular flexibility index (Phi) is 4.68. The fourth-order valence-electron chi connectivity index (χ4n) is 1.69. The normalized spacial score (nSPS) is 11.6. The standard InChI is InChI=1S/C14H14F3NO2/c15-14(16,17)12-3-1-2-4-13(12)20-8-6-18-9-11-5-7-19-10-11/h1-5,7,10,18H,6,8-9H2. The maximum atomic E-state index is 12.7. The van der Waals surface area contributed by atoms with Gasteiger partial charge in [-0.15, -0.1) is 0 Å². The smallest absolute Gasteiger partial charge is 0.419 e. The van der Waals surface area contributed by atoms with Gasteiger partial charge in [-0.3, -0.25) is 0 Å². The van der Waals surface area contributed by atoms with Crippen LogP contribution < -0.4 is 10.1 Å². The van der Waals surface area contributed by atoms with E-state index in [9.17, 15) is 13.2 Å². The Morgan fingerprint density at radius 3 is 2.65 bits per heavy atom. The van der Waals surface area contributed by atoms with Crippen molar-refractivity contribution in [3.8, 4) is 5.75 Å². The van der Waals surface area contributed by atoms with Gasteiger partial charge in [0, 0.05) is 18.7 Å². The zero-order chi connectivity index (χ0) is 14.4. The predicted molar refractivity (Wildman–Crippen MR) is 67.4 cm³/mol. The van der Waals surface area contributed by atoms with Gasteiger partial charge in [-0.2, -0.15) is 13.2 Å². The molecule has 1 heterocycles. The van der Waals surface area contributed by atoms with Crippen LogP contribution in [-0.4, -0.2) is 13.2 Å². The van der Waals surface area contributed by atoms with E-state index < -0.39 is 11.7 Å². The van der Waals surface area contributed by atoms with Crippen LogP contribution in [0.25, 0.3) is 0 Å². The van der Waals surface area contributed by atoms with E-state index in [1.165, 1.54) is 18.2 Å². The molecule has 1 aromatic heterocycles. The molecule has 0 atom stereocenters. The van der Waals surface area contributed by atoms with Crippen molar-refractivity contribution < 1.29 is 22.3 Å². The average molecular weight is 285 g/mol. The molecule has 0 aliphatic carbocycles. The highest BCUT2D eigenvalue weighted by Crippen LogP contribution is 2.35. The molecule has 0 saturated heterocycles. The fourth-order valence-corrected chi connectivity index (χ4v) is 1.69. The van der Waals surface area contributed by atoms with Crippen LogP contribution in [0.3, 0.4) is 0 Å². The molecule has 0 fully saturated rings. The quantitative estimate of drug-likeness (QED) is 0.825. The molecule has 0 unspecified atom stereocenters.